The molecule has 4 rings (SSSR count). The van der Waals surface area contributed by atoms with E-state index in [0.29, 0.717) is 0 Å². The van der Waals surface area contributed by atoms with E-state index in [2.05, 4.69) is 71.3 Å². The molecule has 30 heavy (non-hydrogen) atoms. The smallest absolute Gasteiger partial charge is 0.131 e. The fraction of sp³-hybridized carbons (Fsp3) is 0.231. The van der Waals surface area contributed by atoms with Gasteiger partial charge < -0.3 is 20.1 Å². The van der Waals surface area contributed by atoms with Crippen molar-refractivity contribution in [3.05, 3.63) is 71.8 Å². The van der Waals surface area contributed by atoms with Crippen molar-refractivity contribution in [1.82, 2.24) is 10.6 Å². The van der Waals surface area contributed by atoms with Crippen LogP contribution in [0.4, 0.5) is 0 Å². The van der Waals surface area contributed by atoms with Gasteiger partial charge in [0.15, 0.2) is 0 Å². The summed E-state index contributed by atoms with van der Waals surface area (Å²) in [7, 11) is 7.41. The Hall–Kier alpha value is -3.08. The van der Waals surface area contributed by atoms with Gasteiger partial charge in [0.05, 0.1) is 14.2 Å². The molecule has 154 valence electrons. The first-order valence-electron chi connectivity index (χ1n) is 10.2. The zero-order valence-electron chi connectivity index (χ0n) is 18.0. The number of hydrogen-bond donors (Lipinski definition) is 2. The van der Waals surface area contributed by atoms with Crippen LogP contribution < -0.4 is 20.1 Å². The fourth-order valence-electron chi connectivity index (χ4n) is 4.38. The third-order valence-electron chi connectivity index (χ3n) is 5.55. The first-order valence-corrected chi connectivity index (χ1v) is 10.2. The molecule has 0 saturated carbocycles. The quantitative estimate of drug-likeness (QED) is 0.452. The molecule has 0 heterocycles. The van der Waals surface area contributed by atoms with E-state index in [0.717, 1.165) is 57.6 Å². The van der Waals surface area contributed by atoms with Gasteiger partial charge in [0.1, 0.15) is 11.5 Å². The molecule has 0 bridgehead atoms. The molecule has 4 aromatic rings. The van der Waals surface area contributed by atoms with Crippen molar-refractivity contribution in [3.63, 3.8) is 0 Å². The second-order valence-corrected chi connectivity index (χ2v) is 7.39. The first kappa shape index (κ1) is 20.2. The van der Waals surface area contributed by atoms with Crippen molar-refractivity contribution < 1.29 is 9.47 Å². The second kappa shape index (κ2) is 8.74. The van der Waals surface area contributed by atoms with Gasteiger partial charge in [-0.1, -0.05) is 48.5 Å². The first-order chi connectivity index (χ1) is 14.7. The molecule has 0 aromatic heterocycles. The molecule has 0 radical (unpaired) electrons. The highest BCUT2D eigenvalue weighted by Gasteiger charge is 2.23. The predicted molar refractivity (Wildman–Crippen MR) is 126 cm³/mol. The summed E-state index contributed by atoms with van der Waals surface area (Å²) in [5.41, 5.74) is 4.40. The summed E-state index contributed by atoms with van der Waals surface area (Å²) in [4.78, 5) is 0. The molecule has 4 nitrogen and oxygen atoms in total. The van der Waals surface area contributed by atoms with Crippen molar-refractivity contribution in [1.29, 1.82) is 0 Å². The minimum atomic E-state index is 0.720. The normalized spacial score (nSPS) is 11.2. The number of fused-ring (bicyclic) bond motifs is 2. The second-order valence-electron chi connectivity index (χ2n) is 7.39. The molecule has 0 spiro atoms. The SMILES string of the molecule is CNCc1cc2ccccc2c(-c2c(OC)c(CNC)cc3ccccc23)c1OC. The van der Waals surface area contributed by atoms with Gasteiger partial charge in [-0.15, -0.1) is 0 Å². The number of methoxy groups -OCH3 is 2. The summed E-state index contributed by atoms with van der Waals surface area (Å²) in [5, 5.41) is 11.2. The van der Waals surface area contributed by atoms with Gasteiger partial charge in [0.2, 0.25) is 0 Å². The van der Waals surface area contributed by atoms with Gasteiger partial charge in [-0.3, -0.25) is 0 Å². The lowest BCUT2D eigenvalue weighted by Crippen LogP contribution is -2.09. The van der Waals surface area contributed by atoms with E-state index in [1.54, 1.807) is 14.2 Å². The minimum absolute atomic E-state index is 0.720. The summed E-state index contributed by atoms with van der Waals surface area (Å²) in [6, 6.07) is 21.4. The molecule has 4 heteroatoms. The lowest BCUT2D eigenvalue weighted by Gasteiger charge is -2.22. The average molecular weight is 401 g/mol. The maximum atomic E-state index is 6.03. The maximum Gasteiger partial charge on any atom is 0.131 e. The van der Waals surface area contributed by atoms with Gasteiger partial charge >= 0.3 is 0 Å². The van der Waals surface area contributed by atoms with Crippen LogP contribution in [0.1, 0.15) is 11.1 Å². The molecule has 0 unspecified atom stereocenters. The Morgan fingerprint density at radius 1 is 0.633 bits per heavy atom. The van der Waals surface area contributed by atoms with Gasteiger partial charge in [-0.2, -0.15) is 0 Å². The lowest BCUT2D eigenvalue weighted by molar-refractivity contribution is 0.405. The van der Waals surface area contributed by atoms with Crippen LogP contribution in [0.25, 0.3) is 32.7 Å². The molecule has 2 N–H and O–H groups in total. The lowest BCUT2D eigenvalue weighted by atomic mass is 9.88. The van der Waals surface area contributed by atoms with Crippen molar-refractivity contribution in [2.24, 2.45) is 0 Å². The number of rotatable bonds is 7. The Labute approximate surface area is 177 Å². The highest BCUT2D eigenvalue weighted by atomic mass is 16.5. The maximum absolute atomic E-state index is 6.03. The van der Waals surface area contributed by atoms with Crippen molar-refractivity contribution in [2.75, 3.05) is 28.3 Å². The molecule has 0 aliphatic rings. The van der Waals surface area contributed by atoms with Crippen LogP contribution >= 0.6 is 0 Å². The Morgan fingerprint density at radius 3 is 1.40 bits per heavy atom. The largest absolute Gasteiger partial charge is 0.496 e. The molecule has 0 amide bonds. The summed E-state index contributed by atoms with van der Waals surface area (Å²) < 4.78 is 12.1. The van der Waals surface area contributed by atoms with E-state index in [9.17, 15) is 0 Å². The van der Waals surface area contributed by atoms with E-state index in [1.807, 2.05) is 14.1 Å². The Bertz CT molecular complexity index is 1110. The molecule has 0 atom stereocenters. The number of benzene rings is 4. The van der Waals surface area contributed by atoms with Gasteiger partial charge in [0, 0.05) is 35.3 Å². The average Bonchev–Trinajstić information content (AvgIpc) is 2.78. The molecule has 0 aliphatic heterocycles. The summed E-state index contributed by atoms with van der Waals surface area (Å²) in [5.74, 6) is 1.77. The topological polar surface area (TPSA) is 42.5 Å². The van der Waals surface area contributed by atoms with Crippen molar-refractivity contribution in [3.8, 4) is 22.6 Å². The van der Waals surface area contributed by atoms with Gasteiger partial charge in [0.25, 0.3) is 0 Å². The van der Waals surface area contributed by atoms with E-state index in [1.165, 1.54) is 10.8 Å². The summed E-state index contributed by atoms with van der Waals surface area (Å²) in [6.45, 7) is 1.44. The van der Waals surface area contributed by atoms with E-state index >= 15 is 0 Å². The van der Waals surface area contributed by atoms with Crippen molar-refractivity contribution >= 4 is 21.5 Å². The zero-order valence-corrected chi connectivity index (χ0v) is 18.0. The number of hydrogen-bond acceptors (Lipinski definition) is 4. The van der Waals surface area contributed by atoms with Crippen LogP contribution in [0.15, 0.2) is 60.7 Å². The number of nitrogens with one attached hydrogen (secondary N) is 2. The van der Waals surface area contributed by atoms with E-state index < -0.39 is 0 Å². The Kier molecular flexibility index (Phi) is 5.88. The summed E-state index contributed by atoms with van der Waals surface area (Å²) in [6.07, 6.45) is 0. The predicted octanol–water partition coefficient (Wildman–Crippen LogP) is 5.12. The highest BCUT2D eigenvalue weighted by Crippen LogP contribution is 2.48. The fourth-order valence-corrected chi connectivity index (χ4v) is 4.38. The Balaban J connectivity index is 2.22. The zero-order chi connectivity index (χ0) is 21.1. The monoisotopic (exact) mass is 400 g/mol. The van der Waals surface area contributed by atoms with Crippen LogP contribution in [0.5, 0.6) is 11.5 Å². The van der Waals surface area contributed by atoms with Crippen LogP contribution in [-0.2, 0) is 13.1 Å². The van der Waals surface area contributed by atoms with Crippen LogP contribution in [0.3, 0.4) is 0 Å². The molecular formula is C26H28N2O2. The minimum Gasteiger partial charge on any atom is -0.496 e. The molecule has 0 aliphatic carbocycles. The molecular weight excluding hydrogens is 372 g/mol. The standard InChI is InChI=1S/C26H28N2O2/c1-27-15-19-13-17-9-5-7-11-21(17)23(25(19)29-3)24-22-12-8-6-10-18(22)14-20(16-28-2)26(24)30-4/h5-14,27-28H,15-16H2,1-4H3. The van der Waals surface area contributed by atoms with Gasteiger partial charge in [-0.25, -0.2) is 0 Å². The Morgan fingerprint density at radius 2 is 1.03 bits per heavy atom. The van der Waals surface area contributed by atoms with Crippen LogP contribution in [0, 0.1) is 0 Å². The third kappa shape index (κ3) is 3.38. The molecule has 0 saturated heterocycles. The van der Waals surface area contributed by atoms with Crippen LogP contribution in [-0.4, -0.2) is 28.3 Å². The highest BCUT2D eigenvalue weighted by molar-refractivity contribution is 6.10. The van der Waals surface area contributed by atoms with E-state index in [-0.39, 0.29) is 0 Å². The molecule has 4 aromatic carbocycles. The van der Waals surface area contributed by atoms with Gasteiger partial charge in [-0.05, 0) is 47.8 Å². The number of ether oxygens (including phenoxy) is 2. The third-order valence-corrected chi connectivity index (χ3v) is 5.55. The van der Waals surface area contributed by atoms with E-state index in [4.69, 9.17) is 9.47 Å². The van der Waals surface area contributed by atoms with Crippen LogP contribution in [0.2, 0.25) is 0 Å². The molecule has 0 fully saturated rings. The summed E-state index contributed by atoms with van der Waals surface area (Å²) >= 11 is 0. The van der Waals surface area contributed by atoms with Crippen molar-refractivity contribution in [2.45, 2.75) is 13.1 Å².